The van der Waals surface area contributed by atoms with Gasteiger partial charge in [0.05, 0.1) is 28.7 Å². The van der Waals surface area contributed by atoms with Crippen molar-refractivity contribution in [3.05, 3.63) is 98.8 Å². The zero-order valence-electron chi connectivity index (χ0n) is 19.4. The summed E-state index contributed by atoms with van der Waals surface area (Å²) >= 11 is 13.8. The molecule has 0 aliphatic heterocycles. The van der Waals surface area contributed by atoms with Crippen LogP contribution in [0.25, 0.3) is 11.3 Å². The molecule has 0 radical (unpaired) electrons. The Kier molecular flexibility index (Phi) is 8.25. The number of carbonyl (C=O) groups excluding carboxylic acids is 1. The van der Waals surface area contributed by atoms with Crippen molar-refractivity contribution in [2.45, 2.75) is 19.9 Å². The molecular formula is C27H23Cl2N3O3S. The summed E-state index contributed by atoms with van der Waals surface area (Å²) in [5.41, 5.74) is 5.30. The standard InChI is InChI=1S/C27H23Cl2N3O3S/c1-17-2-9-21(10-3-17)32(27-31-24(16-36-27)20-8-11-22(28)23(29)14-20)15-18-4-6-19(7-5-18)26(35)30-13-12-25(33)34/h2-11,14,16H,12-13,15H2,1H3,(H,30,35)(H,33,34). The number of nitrogens with zero attached hydrogens (tertiary/aromatic N) is 2. The van der Waals surface area contributed by atoms with Gasteiger partial charge in [-0.05, 0) is 48.9 Å². The van der Waals surface area contributed by atoms with Crippen molar-refractivity contribution >= 4 is 57.2 Å². The molecule has 1 heterocycles. The van der Waals surface area contributed by atoms with Gasteiger partial charge < -0.3 is 15.3 Å². The third kappa shape index (κ3) is 6.43. The van der Waals surface area contributed by atoms with Crippen molar-refractivity contribution < 1.29 is 14.7 Å². The number of hydrogen-bond donors (Lipinski definition) is 2. The zero-order chi connectivity index (χ0) is 25.7. The molecule has 0 saturated carbocycles. The highest BCUT2D eigenvalue weighted by Gasteiger charge is 2.16. The van der Waals surface area contributed by atoms with E-state index >= 15 is 0 Å². The lowest BCUT2D eigenvalue weighted by Crippen LogP contribution is -2.26. The van der Waals surface area contributed by atoms with Crippen molar-refractivity contribution in [3.63, 3.8) is 0 Å². The Morgan fingerprint density at radius 2 is 1.72 bits per heavy atom. The van der Waals surface area contributed by atoms with Gasteiger partial charge in [-0.1, -0.05) is 59.1 Å². The number of anilines is 2. The lowest BCUT2D eigenvalue weighted by Gasteiger charge is -2.22. The molecule has 4 rings (SSSR count). The maximum absolute atomic E-state index is 12.3. The lowest BCUT2D eigenvalue weighted by atomic mass is 10.1. The number of thiazole rings is 1. The van der Waals surface area contributed by atoms with Gasteiger partial charge in [-0.25, -0.2) is 4.98 Å². The van der Waals surface area contributed by atoms with Crippen molar-refractivity contribution in [2.75, 3.05) is 11.4 Å². The second-order valence-corrected chi connectivity index (χ2v) is 9.81. The normalized spacial score (nSPS) is 10.8. The summed E-state index contributed by atoms with van der Waals surface area (Å²) in [5.74, 6) is -1.25. The molecule has 1 aromatic heterocycles. The van der Waals surface area contributed by atoms with E-state index in [-0.39, 0.29) is 18.9 Å². The molecule has 0 saturated heterocycles. The third-order valence-corrected chi connectivity index (χ3v) is 7.07. The molecule has 3 aromatic carbocycles. The van der Waals surface area contributed by atoms with Crippen LogP contribution in [0.15, 0.2) is 72.1 Å². The molecule has 0 aliphatic carbocycles. The monoisotopic (exact) mass is 539 g/mol. The Hall–Kier alpha value is -3.39. The second-order valence-electron chi connectivity index (χ2n) is 8.16. The van der Waals surface area contributed by atoms with Gasteiger partial charge in [0.15, 0.2) is 5.13 Å². The van der Waals surface area contributed by atoms with Crippen LogP contribution in [0.3, 0.4) is 0 Å². The Labute approximate surface area is 223 Å². The molecule has 2 N–H and O–H groups in total. The van der Waals surface area contributed by atoms with E-state index in [9.17, 15) is 9.59 Å². The van der Waals surface area contributed by atoms with E-state index in [1.807, 2.05) is 30.5 Å². The van der Waals surface area contributed by atoms with Crippen LogP contribution in [0.4, 0.5) is 10.8 Å². The number of aliphatic carboxylic acids is 1. The molecule has 6 nitrogen and oxygen atoms in total. The molecule has 184 valence electrons. The smallest absolute Gasteiger partial charge is 0.305 e. The molecule has 0 unspecified atom stereocenters. The van der Waals surface area contributed by atoms with Gasteiger partial charge >= 0.3 is 5.97 Å². The van der Waals surface area contributed by atoms with Crippen LogP contribution < -0.4 is 10.2 Å². The topological polar surface area (TPSA) is 82.5 Å². The minimum Gasteiger partial charge on any atom is -0.481 e. The fraction of sp³-hybridized carbons (Fsp3) is 0.148. The maximum atomic E-state index is 12.3. The highest BCUT2D eigenvalue weighted by molar-refractivity contribution is 7.14. The van der Waals surface area contributed by atoms with Gasteiger partial charge in [0, 0.05) is 28.7 Å². The Balaban J connectivity index is 1.57. The van der Waals surface area contributed by atoms with Crippen molar-refractivity contribution in [1.82, 2.24) is 10.3 Å². The molecule has 0 spiro atoms. The lowest BCUT2D eigenvalue weighted by molar-refractivity contribution is -0.136. The summed E-state index contributed by atoms with van der Waals surface area (Å²) in [4.78, 5) is 29.9. The number of benzene rings is 3. The summed E-state index contributed by atoms with van der Waals surface area (Å²) in [6.45, 7) is 2.67. The number of amides is 1. The van der Waals surface area contributed by atoms with E-state index in [2.05, 4.69) is 34.5 Å². The Morgan fingerprint density at radius 3 is 2.39 bits per heavy atom. The molecule has 36 heavy (non-hydrogen) atoms. The number of hydrogen-bond acceptors (Lipinski definition) is 5. The largest absolute Gasteiger partial charge is 0.481 e. The summed E-state index contributed by atoms with van der Waals surface area (Å²) < 4.78 is 0. The van der Waals surface area contributed by atoms with Gasteiger partial charge in [0.25, 0.3) is 5.91 Å². The molecule has 9 heteroatoms. The minimum absolute atomic E-state index is 0.0856. The Bertz CT molecular complexity index is 1370. The average Bonchev–Trinajstić information content (AvgIpc) is 3.35. The van der Waals surface area contributed by atoms with Crippen LogP contribution >= 0.6 is 34.5 Å². The predicted octanol–water partition coefficient (Wildman–Crippen LogP) is 6.97. The molecule has 0 bridgehead atoms. The quantitative estimate of drug-likeness (QED) is 0.240. The first kappa shape index (κ1) is 25.7. The zero-order valence-corrected chi connectivity index (χ0v) is 21.7. The van der Waals surface area contributed by atoms with E-state index in [4.69, 9.17) is 33.3 Å². The molecule has 0 aliphatic rings. The number of carbonyl (C=O) groups is 2. The second kappa shape index (κ2) is 11.6. The number of carboxylic acids is 1. The highest BCUT2D eigenvalue weighted by Crippen LogP contribution is 2.35. The van der Waals surface area contributed by atoms with Gasteiger partial charge in [-0.15, -0.1) is 11.3 Å². The summed E-state index contributed by atoms with van der Waals surface area (Å²) in [5, 5.41) is 15.1. The van der Waals surface area contributed by atoms with Crippen LogP contribution in [0.5, 0.6) is 0 Å². The number of nitrogens with one attached hydrogen (secondary N) is 1. The summed E-state index contributed by atoms with van der Waals surface area (Å²) in [7, 11) is 0. The van der Waals surface area contributed by atoms with E-state index in [1.54, 1.807) is 24.3 Å². The third-order valence-electron chi connectivity index (χ3n) is 5.47. The first-order valence-corrected chi connectivity index (χ1v) is 12.8. The van der Waals surface area contributed by atoms with E-state index in [0.717, 1.165) is 33.2 Å². The van der Waals surface area contributed by atoms with Crippen LogP contribution in [0.2, 0.25) is 10.0 Å². The van der Waals surface area contributed by atoms with E-state index < -0.39 is 5.97 Å². The fourth-order valence-electron chi connectivity index (χ4n) is 3.50. The van der Waals surface area contributed by atoms with Crippen molar-refractivity contribution in [1.29, 1.82) is 0 Å². The van der Waals surface area contributed by atoms with Gasteiger partial charge in [0.2, 0.25) is 0 Å². The predicted molar refractivity (Wildman–Crippen MR) is 146 cm³/mol. The van der Waals surface area contributed by atoms with Gasteiger partial charge in [0.1, 0.15) is 0 Å². The van der Waals surface area contributed by atoms with Crippen LogP contribution in [0.1, 0.15) is 27.9 Å². The van der Waals surface area contributed by atoms with Crippen molar-refractivity contribution in [2.24, 2.45) is 0 Å². The SMILES string of the molecule is Cc1ccc(N(Cc2ccc(C(=O)NCCC(=O)O)cc2)c2nc(-c3ccc(Cl)c(Cl)c3)cs2)cc1. The first-order valence-electron chi connectivity index (χ1n) is 11.1. The van der Waals surface area contributed by atoms with Crippen LogP contribution in [0, 0.1) is 6.92 Å². The molecule has 4 aromatic rings. The van der Waals surface area contributed by atoms with Gasteiger partial charge in [-0.3, -0.25) is 9.59 Å². The number of aromatic nitrogens is 1. The van der Waals surface area contributed by atoms with Crippen LogP contribution in [-0.2, 0) is 11.3 Å². The molecule has 0 fully saturated rings. The first-order chi connectivity index (χ1) is 17.3. The van der Waals surface area contributed by atoms with E-state index in [0.29, 0.717) is 22.2 Å². The number of rotatable bonds is 9. The van der Waals surface area contributed by atoms with Crippen molar-refractivity contribution in [3.8, 4) is 11.3 Å². The molecule has 0 atom stereocenters. The number of carboxylic acid groups (broad SMARTS) is 1. The highest BCUT2D eigenvalue weighted by atomic mass is 35.5. The number of aryl methyl sites for hydroxylation is 1. The van der Waals surface area contributed by atoms with Gasteiger partial charge in [-0.2, -0.15) is 0 Å². The average molecular weight is 540 g/mol. The minimum atomic E-state index is -0.952. The van der Waals surface area contributed by atoms with Crippen LogP contribution in [-0.4, -0.2) is 28.5 Å². The maximum Gasteiger partial charge on any atom is 0.305 e. The number of halogens is 2. The Morgan fingerprint density at radius 1 is 1.00 bits per heavy atom. The van der Waals surface area contributed by atoms with E-state index in [1.165, 1.54) is 11.3 Å². The summed E-state index contributed by atoms with van der Waals surface area (Å²) in [6.07, 6.45) is -0.118. The summed E-state index contributed by atoms with van der Waals surface area (Å²) in [6, 6.07) is 20.9. The molecular weight excluding hydrogens is 517 g/mol. The molecule has 1 amide bonds. The fourth-order valence-corrected chi connectivity index (χ4v) is 4.65.